The zero-order valence-electron chi connectivity index (χ0n) is 11.8. The number of aliphatic carboxylic acids is 1. The van der Waals surface area contributed by atoms with Gasteiger partial charge in [0.2, 0.25) is 0 Å². The Hall–Kier alpha value is -2.57. The summed E-state index contributed by atoms with van der Waals surface area (Å²) in [6.07, 6.45) is 1.86. The van der Waals surface area contributed by atoms with Crippen LogP contribution in [0.4, 0.5) is 0 Å². The molecule has 7 heteroatoms. The largest absolute Gasteiger partial charge is 0.481 e. The van der Waals surface area contributed by atoms with Crippen molar-refractivity contribution in [1.82, 2.24) is 15.5 Å². The van der Waals surface area contributed by atoms with E-state index in [1.165, 1.54) is 6.26 Å². The molecule has 0 aliphatic heterocycles. The van der Waals surface area contributed by atoms with Crippen LogP contribution < -0.4 is 5.32 Å². The van der Waals surface area contributed by atoms with Gasteiger partial charge in [0.15, 0.2) is 11.5 Å². The normalized spacial score (nSPS) is 11.3. The molecule has 0 atom stereocenters. The van der Waals surface area contributed by atoms with Gasteiger partial charge in [0.25, 0.3) is 5.91 Å². The van der Waals surface area contributed by atoms with E-state index in [-0.39, 0.29) is 18.0 Å². The first-order valence-electron chi connectivity index (χ1n) is 6.51. The molecule has 0 bridgehead atoms. The van der Waals surface area contributed by atoms with Crippen LogP contribution in [-0.4, -0.2) is 32.7 Å². The van der Waals surface area contributed by atoms with Gasteiger partial charge >= 0.3 is 5.97 Å². The second-order valence-electron chi connectivity index (χ2n) is 5.38. The molecule has 0 unspecified atom stereocenters. The van der Waals surface area contributed by atoms with Crippen LogP contribution in [-0.2, 0) is 4.79 Å². The topological polar surface area (TPSA) is 108 Å². The van der Waals surface area contributed by atoms with E-state index in [0.29, 0.717) is 17.9 Å². The maximum atomic E-state index is 12.1. The second kappa shape index (κ2) is 5.82. The van der Waals surface area contributed by atoms with Crippen molar-refractivity contribution in [3.05, 3.63) is 30.2 Å². The minimum Gasteiger partial charge on any atom is -0.481 e. The summed E-state index contributed by atoms with van der Waals surface area (Å²) in [5.41, 5.74) is 0.206. The minimum absolute atomic E-state index is 0.00844. The summed E-state index contributed by atoms with van der Waals surface area (Å²) in [6.45, 7) is 3.54. The molecule has 0 fully saturated rings. The number of hydrogen-bond acceptors (Lipinski definition) is 4. The third kappa shape index (κ3) is 3.95. The van der Waals surface area contributed by atoms with Crippen LogP contribution in [0.1, 0.15) is 37.2 Å². The maximum absolute atomic E-state index is 12.1. The Bertz CT molecular complexity index is 628. The predicted molar refractivity (Wildman–Crippen MR) is 74.7 cm³/mol. The van der Waals surface area contributed by atoms with Gasteiger partial charge in [-0.3, -0.25) is 14.7 Å². The third-order valence-electron chi connectivity index (χ3n) is 3.01. The lowest BCUT2D eigenvalue weighted by Gasteiger charge is -2.25. The lowest BCUT2D eigenvalue weighted by molar-refractivity contribution is -0.137. The summed E-state index contributed by atoms with van der Waals surface area (Å²) in [7, 11) is 0. The molecule has 0 saturated carbocycles. The molecule has 0 aliphatic rings. The number of amides is 1. The molecule has 0 radical (unpaired) electrons. The van der Waals surface area contributed by atoms with Gasteiger partial charge in [0.1, 0.15) is 5.69 Å². The molecule has 2 rings (SSSR count). The molecule has 112 valence electrons. The zero-order valence-corrected chi connectivity index (χ0v) is 11.8. The van der Waals surface area contributed by atoms with Crippen molar-refractivity contribution >= 4 is 11.9 Å². The molecular formula is C14H17N3O4. The highest BCUT2D eigenvalue weighted by Crippen LogP contribution is 2.18. The van der Waals surface area contributed by atoms with Crippen molar-refractivity contribution in [3.8, 4) is 11.5 Å². The quantitative estimate of drug-likeness (QED) is 0.754. The van der Waals surface area contributed by atoms with Crippen molar-refractivity contribution in [3.63, 3.8) is 0 Å². The highest BCUT2D eigenvalue weighted by atomic mass is 16.4. The summed E-state index contributed by atoms with van der Waals surface area (Å²) in [5, 5.41) is 18.1. The molecule has 0 saturated heterocycles. The lowest BCUT2D eigenvalue weighted by Crippen LogP contribution is -2.43. The lowest BCUT2D eigenvalue weighted by atomic mass is 9.98. The van der Waals surface area contributed by atoms with E-state index in [9.17, 15) is 9.59 Å². The van der Waals surface area contributed by atoms with E-state index < -0.39 is 11.5 Å². The number of H-pyrrole nitrogens is 1. The Labute approximate surface area is 121 Å². The molecule has 0 aliphatic carbocycles. The van der Waals surface area contributed by atoms with Crippen LogP contribution in [0.15, 0.2) is 28.9 Å². The minimum atomic E-state index is -0.891. The Morgan fingerprint density at radius 2 is 2.24 bits per heavy atom. The molecule has 0 aromatic carbocycles. The summed E-state index contributed by atoms with van der Waals surface area (Å²) >= 11 is 0. The highest BCUT2D eigenvalue weighted by molar-refractivity contribution is 5.93. The Morgan fingerprint density at radius 1 is 1.48 bits per heavy atom. The van der Waals surface area contributed by atoms with Crippen molar-refractivity contribution in [2.45, 2.75) is 32.2 Å². The van der Waals surface area contributed by atoms with Gasteiger partial charge < -0.3 is 14.8 Å². The summed E-state index contributed by atoms with van der Waals surface area (Å²) in [4.78, 5) is 22.7. The molecule has 2 heterocycles. The van der Waals surface area contributed by atoms with Gasteiger partial charge in [-0.1, -0.05) is 0 Å². The smallest absolute Gasteiger partial charge is 0.303 e. The number of nitrogens with one attached hydrogen (secondary N) is 2. The molecule has 3 N–H and O–H groups in total. The molecule has 2 aromatic rings. The monoisotopic (exact) mass is 291 g/mol. The number of nitrogens with zero attached hydrogens (tertiary/aromatic N) is 1. The van der Waals surface area contributed by atoms with Crippen LogP contribution in [0.5, 0.6) is 0 Å². The fraction of sp³-hybridized carbons (Fsp3) is 0.357. The van der Waals surface area contributed by atoms with Crippen molar-refractivity contribution < 1.29 is 19.1 Å². The van der Waals surface area contributed by atoms with Gasteiger partial charge in [-0.15, -0.1) is 0 Å². The van der Waals surface area contributed by atoms with E-state index in [1.807, 2.05) is 0 Å². The Kier molecular flexibility index (Phi) is 4.11. The molecule has 7 nitrogen and oxygen atoms in total. The maximum Gasteiger partial charge on any atom is 0.303 e. The van der Waals surface area contributed by atoms with Crippen LogP contribution in [0, 0.1) is 0 Å². The number of hydrogen-bond donors (Lipinski definition) is 3. The number of rotatable bonds is 6. The van der Waals surface area contributed by atoms with Crippen LogP contribution >= 0.6 is 0 Å². The van der Waals surface area contributed by atoms with Gasteiger partial charge in [-0.05, 0) is 32.4 Å². The van der Waals surface area contributed by atoms with E-state index in [2.05, 4.69) is 15.5 Å². The molecule has 21 heavy (non-hydrogen) atoms. The molecule has 0 spiro atoms. The van der Waals surface area contributed by atoms with Gasteiger partial charge in [0.05, 0.1) is 6.26 Å². The number of carbonyl (C=O) groups excluding carboxylic acids is 1. The number of aromatic amines is 1. The van der Waals surface area contributed by atoms with Crippen LogP contribution in [0.25, 0.3) is 11.5 Å². The van der Waals surface area contributed by atoms with E-state index in [4.69, 9.17) is 9.52 Å². The zero-order chi connectivity index (χ0) is 15.5. The van der Waals surface area contributed by atoms with Crippen LogP contribution in [0.2, 0.25) is 0 Å². The first-order valence-corrected chi connectivity index (χ1v) is 6.51. The Morgan fingerprint density at radius 3 is 2.86 bits per heavy atom. The molecule has 2 aromatic heterocycles. The molecular weight excluding hydrogens is 274 g/mol. The number of carboxylic acids is 1. The van der Waals surface area contributed by atoms with E-state index >= 15 is 0 Å². The summed E-state index contributed by atoms with van der Waals surface area (Å²) < 4.78 is 5.21. The van der Waals surface area contributed by atoms with Crippen molar-refractivity contribution in [1.29, 1.82) is 0 Å². The van der Waals surface area contributed by atoms with E-state index in [0.717, 1.165) is 0 Å². The van der Waals surface area contributed by atoms with Gasteiger partial charge in [0, 0.05) is 18.0 Å². The first-order chi connectivity index (χ1) is 9.87. The number of aromatic nitrogens is 2. The van der Waals surface area contributed by atoms with Gasteiger partial charge in [-0.25, -0.2) is 0 Å². The first kappa shape index (κ1) is 14.8. The molecule has 1 amide bonds. The second-order valence-corrected chi connectivity index (χ2v) is 5.38. The fourth-order valence-corrected chi connectivity index (χ4v) is 1.85. The highest BCUT2D eigenvalue weighted by Gasteiger charge is 2.23. The average Bonchev–Trinajstić information content (AvgIpc) is 3.06. The average molecular weight is 291 g/mol. The van der Waals surface area contributed by atoms with E-state index in [1.54, 1.807) is 32.0 Å². The number of carboxylic acid groups (broad SMARTS) is 1. The van der Waals surface area contributed by atoms with Crippen LogP contribution in [0.3, 0.4) is 0 Å². The number of furan rings is 1. The SMILES string of the molecule is CC(C)(CCC(=O)O)NC(=O)c1cc(-c2ccco2)[nH]n1. The van der Waals surface area contributed by atoms with Crippen molar-refractivity contribution in [2.75, 3.05) is 0 Å². The predicted octanol–water partition coefficient (Wildman–Crippen LogP) is 2.04. The standard InChI is InChI=1S/C14H17N3O4/c1-14(2,6-5-12(18)19)15-13(20)10-8-9(16-17-10)11-4-3-7-21-11/h3-4,7-8H,5-6H2,1-2H3,(H,15,20)(H,16,17)(H,18,19). The van der Waals surface area contributed by atoms with Gasteiger partial charge in [-0.2, -0.15) is 5.10 Å². The third-order valence-corrected chi connectivity index (χ3v) is 3.01. The Balaban J connectivity index is 2.02. The number of carbonyl (C=O) groups is 2. The summed E-state index contributed by atoms with van der Waals surface area (Å²) in [5.74, 6) is -0.664. The van der Waals surface area contributed by atoms with Crippen molar-refractivity contribution in [2.24, 2.45) is 0 Å². The summed E-state index contributed by atoms with van der Waals surface area (Å²) in [6, 6.07) is 5.08. The fourth-order valence-electron chi connectivity index (χ4n) is 1.85.